The van der Waals surface area contributed by atoms with E-state index in [9.17, 15) is 10.2 Å². The van der Waals surface area contributed by atoms with Gasteiger partial charge in [-0.2, -0.15) is 0 Å². The highest BCUT2D eigenvalue weighted by atomic mass is 127. The van der Waals surface area contributed by atoms with Crippen molar-refractivity contribution in [2.45, 2.75) is 43.9 Å². The van der Waals surface area contributed by atoms with Crippen molar-refractivity contribution >= 4 is 22.6 Å². The van der Waals surface area contributed by atoms with E-state index >= 15 is 0 Å². The Morgan fingerprint density at radius 3 is 2.43 bits per heavy atom. The molecule has 122 valence electrons. The largest absolute Gasteiger partial charge is 0.508 e. The molecule has 0 saturated heterocycles. The van der Waals surface area contributed by atoms with Crippen LogP contribution in [-0.2, 0) is 6.42 Å². The normalized spacial score (nSPS) is 20.2. The van der Waals surface area contributed by atoms with Crippen LogP contribution in [0.1, 0.15) is 54.2 Å². The molecule has 0 bridgehead atoms. The molecule has 0 spiro atoms. The van der Waals surface area contributed by atoms with Crippen molar-refractivity contribution in [1.29, 1.82) is 0 Å². The average Bonchev–Trinajstić information content (AvgIpc) is 2.56. The number of aromatic hydroxyl groups is 2. The minimum atomic E-state index is 0.330. The van der Waals surface area contributed by atoms with Crippen molar-refractivity contribution in [2.75, 3.05) is 4.43 Å². The lowest BCUT2D eigenvalue weighted by Gasteiger charge is -2.34. The van der Waals surface area contributed by atoms with Gasteiger partial charge in [0.1, 0.15) is 11.5 Å². The lowest BCUT2D eigenvalue weighted by molar-refractivity contribution is 0.431. The van der Waals surface area contributed by atoms with Gasteiger partial charge in [0.2, 0.25) is 0 Å². The molecule has 0 aromatic heterocycles. The molecule has 0 radical (unpaired) electrons. The fourth-order valence-electron chi connectivity index (χ4n) is 3.84. The summed E-state index contributed by atoms with van der Waals surface area (Å²) in [6.07, 6.45) is 5.80. The minimum Gasteiger partial charge on any atom is -0.508 e. The molecular formula is C20H23IO2. The monoisotopic (exact) mass is 422 g/mol. The molecule has 1 aliphatic rings. The number of benzene rings is 2. The summed E-state index contributed by atoms with van der Waals surface area (Å²) in [6.45, 7) is 0. The number of fused-ring (bicyclic) bond motifs is 1. The van der Waals surface area contributed by atoms with Gasteiger partial charge in [0.05, 0.1) is 0 Å². The highest BCUT2D eigenvalue weighted by Gasteiger charge is 2.30. The summed E-state index contributed by atoms with van der Waals surface area (Å²) in [5, 5.41) is 19.3. The number of unbranched alkanes of at least 4 members (excludes halogenated alkanes) is 1. The second-order valence-corrected chi connectivity index (χ2v) is 7.49. The molecular weight excluding hydrogens is 399 g/mol. The molecule has 0 aliphatic heterocycles. The van der Waals surface area contributed by atoms with Gasteiger partial charge < -0.3 is 10.2 Å². The van der Waals surface area contributed by atoms with Crippen molar-refractivity contribution in [3.8, 4) is 11.5 Å². The van der Waals surface area contributed by atoms with E-state index in [1.807, 2.05) is 12.1 Å². The number of phenolic OH excluding ortho intramolecular Hbond substituents is 2. The smallest absolute Gasteiger partial charge is 0.115 e. The van der Waals surface area contributed by atoms with Crippen LogP contribution in [0.25, 0.3) is 0 Å². The van der Waals surface area contributed by atoms with Crippen LogP contribution in [-0.4, -0.2) is 14.6 Å². The highest BCUT2D eigenvalue weighted by Crippen LogP contribution is 2.46. The fourth-order valence-corrected chi connectivity index (χ4v) is 4.37. The Labute approximate surface area is 151 Å². The Morgan fingerprint density at radius 2 is 1.70 bits per heavy atom. The van der Waals surface area contributed by atoms with Gasteiger partial charge in [-0.15, -0.1) is 0 Å². The first-order valence-electron chi connectivity index (χ1n) is 8.35. The van der Waals surface area contributed by atoms with Crippen LogP contribution >= 0.6 is 22.6 Å². The molecule has 0 heterocycles. The second kappa shape index (κ2) is 7.56. The van der Waals surface area contributed by atoms with Gasteiger partial charge in [-0.3, -0.25) is 0 Å². The van der Waals surface area contributed by atoms with E-state index in [1.165, 1.54) is 40.4 Å². The molecule has 2 atom stereocenters. The zero-order valence-electron chi connectivity index (χ0n) is 13.2. The van der Waals surface area contributed by atoms with E-state index in [2.05, 4.69) is 40.8 Å². The summed E-state index contributed by atoms with van der Waals surface area (Å²) in [5.74, 6) is 1.71. The van der Waals surface area contributed by atoms with E-state index in [4.69, 9.17) is 0 Å². The fraction of sp³-hybridized carbons (Fsp3) is 0.400. The van der Waals surface area contributed by atoms with Gasteiger partial charge in [-0.25, -0.2) is 0 Å². The Balaban J connectivity index is 1.91. The molecule has 3 heteroatoms. The van der Waals surface area contributed by atoms with Crippen LogP contribution in [0.5, 0.6) is 11.5 Å². The lowest BCUT2D eigenvalue weighted by Crippen LogP contribution is -2.19. The Morgan fingerprint density at radius 1 is 0.957 bits per heavy atom. The van der Waals surface area contributed by atoms with Gasteiger partial charge in [-0.1, -0.05) is 47.2 Å². The summed E-state index contributed by atoms with van der Waals surface area (Å²) in [6, 6.07) is 13.6. The molecule has 2 aromatic rings. The van der Waals surface area contributed by atoms with E-state index in [0.717, 1.165) is 12.8 Å². The van der Waals surface area contributed by atoms with Crippen molar-refractivity contribution in [3.05, 3.63) is 59.2 Å². The van der Waals surface area contributed by atoms with Crippen LogP contribution in [0.2, 0.25) is 0 Å². The number of halogens is 1. The SMILES string of the molecule is Oc1ccc(C2CCc3cc(O)ccc3C2CCCCI)cc1. The maximum Gasteiger partial charge on any atom is 0.115 e. The number of hydrogen-bond acceptors (Lipinski definition) is 2. The molecule has 0 saturated carbocycles. The first-order chi connectivity index (χ1) is 11.2. The van der Waals surface area contributed by atoms with E-state index in [1.54, 1.807) is 12.1 Å². The number of hydrogen-bond donors (Lipinski definition) is 2. The summed E-state index contributed by atoms with van der Waals surface area (Å²) in [5.41, 5.74) is 4.03. The van der Waals surface area contributed by atoms with Gasteiger partial charge in [0, 0.05) is 0 Å². The van der Waals surface area contributed by atoms with E-state index < -0.39 is 0 Å². The van der Waals surface area contributed by atoms with Gasteiger partial charge in [0.25, 0.3) is 0 Å². The van der Waals surface area contributed by atoms with Crippen molar-refractivity contribution in [2.24, 2.45) is 0 Å². The summed E-state index contributed by atoms with van der Waals surface area (Å²) < 4.78 is 1.21. The summed E-state index contributed by atoms with van der Waals surface area (Å²) in [4.78, 5) is 0. The summed E-state index contributed by atoms with van der Waals surface area (Å²) >= 11 is 2.45. The first kappa shape index (κ1) is 16.6. The number of rotatable bonds is 5. The third kappa shape index (κ3) is 3.82. The summed E-state index contributed by atoms with van der Waals surface area (Å²) in [7, 11) is 0. The van der Waals surface area contributed by atoms with Gasteiger partial charge in [-0.05, 0) is 82.9 Å². The zero-order valence-corrected chi connectivity index (χ0v) is 15.4. The number of phenols is 2. The standard InChI is InChI=1S/C20H23IO2/c21-12-2-1-3-20-18(14-4-7-16(22)8-5-14)10-6-15-13-17(23)9-11-19(15)20/h4-5,7-9,11,13,18,20,22-23H,1-3,6,10,12H2. The predicted octanol–water partition coefficient (Wildman–Crippen LogP) is 5.52. The highest BCUT2D eigenvalue weighted by molar-refractivity contribution is 14.1. The quantitative estimate of drug-likeness (QED) is 0.379. The average molecular weight is 422 g/mol. The molecule has 1 aliphatic carbocycles. The zero-order chi connectivity index (χ0) is 16.2. The number of aryl methyl sites for hydroxylation is 1. The van der Waals surface area contributed by atoms with Crippen LogP contribution in [0, 0.1) is 0 Å². The molecule has 2 nitrogen and oxygen atoms in total. The topological polar surface area (TPSA) is 40.5 Å². The minimum absolute atomic E-state index is 0.330. The third-order valence-electron chi connectivity index (χ3n) is 4.96. The van der Waals surface area contributed by atoms with Crippen LogP contribution in [0.4, 0.5) is 0 Å². The number of alkyl halides is 1. The lowest BCUT2D eigenvalue weighted by atomic mass is 9.70. The predicted molar refractivity (Wildman–Crippen MR) is 103 cm³/mol. The Bertz CT molecular complexity index is 651. The third-order valence-corrected chi connectivity index (χ3v) is 5.72. The van der Waals surface area contributed by atoms with Crippen molar-refractivity contribution < 1.29 is 10.2 Å². The Hall–Kier alpha value is -1.23. The van der Waals surface area contributed by atoms with Crippen LogP contribution in [0.3, 0.4) is 0 Å². The molecule has 3 rings (SSSR count). The molecule has 2 unspecified atom stereocenters. The molecule has 0 fully saturated rings. The van der Waals surface area contributed by atoms with Crippen LogP contribution < -0.4 is 0 Å². The van der Waals surface area contributed by atoms with Crippen LogP contribution in [0.15, 0.2) is 42.5 Å². The van der Waals surface area contributed by atoms with Gasteiger partial charge in [0.15, 0.2) is 0 Å². The van der Waals surface area contributed by atoms with E-state index in [-0.39, 0.29) is 0 Å². The molecule has 23 heavy (non-hydrogen) atoms. The molecule has 2 aromatic carbocycles. The van der Waals surface area contributed by atoms with Crippen molar-refractivity contribution in [1.82, 2.24) is 0 Å². The second-order valence-electron chi connectivity index (χ2n) is 6.41. The first-order valence-corrected chi connectivity index (χ1v) is 9.88. The van der Waals surface area contributed by atoms with E-state index in [0.29, 0.717) is 23.3 Å². The maximum atomic E-state index is 9.77. The van der Waals surface area contributed by atoms with Crippen molar-refractivity contribution in [3.63, 3.8) is 0 Å². The molecule has 0 amide bonds. The van der Waals surface area contributed by atoms with Gasteiger partial charge >= 0.3 is 0 Å². The Kier molecular flexibility index (Phi) is 5.46. The molecule has 2 N–H and O–H groups in total. The maximum absolute atomic E-state index is 9.77.